The minimum atomic E-state index is -1.18. The van der Waals surface area contributed by atoms with Crippen LogP contribution in [0.15, 0.2) is 0 Å². The number of carbonyl (C=O) groups is 4. The maximum absolute atomic E-state index is 12.3. The molecular formula is C15H29N5O5S3. The van der Waals surface area contributed by atoms with Crippen LogP contribution < -0.4 is 27.4 Å². The Morgan fingerprint density at radius 2 is 1.25 bits per heavy atom. The van der Waals surface area contributed by atoms with E-state index in [0.717, 1.165) is 0 Å². The molecule has 0 aliphatic heterocycles. The van der Waals surface area contributed by atoms with E-state index in [4.69, 9.17) is 11.5 Å². The summed E-state index contributed by atoms with van der Waals surface area (Å²) in [6, 6.07) is -4.12. The molecule has 0 aromatic rings. The Kier molecular flexibility index (Phi) is 14.2. The van der Waals surface area contributed by atoms with E-state index in [-0.39, 0.29) is 23.7 Å². The van der Waals surface area contributed by atoms with Gasteiger partial charge in [-0.05, 0) is 25.8 Å². The number of hydrogen-bond donors (Lipinski definition) is 9. The highest BCUT2D eigenvalue weighted by molar-refractivity contribution is 7.80. The van der Waals surface area contributed by atoms with Crippen LogP contribution in [0.1, 0.15) is 19.3 Å². The lowest BCUT2D eigenvalue weighted by atomic mass is 10.1. The van der Waals surface area contributed by atoms with Gasteiger partial charge in [-0.15, -0.1) is 0 Å². The second-order valence-corrected chi connectivity index (χ2v) is 7.06. The van der Waals surface area contributed by atoms with Gasteiger partial charge in [-0.2, -0.15) is 37.9 Å². The fraction of sp³-hybridized carbons (Fsp3) is 0.733. The second-order valence-electron chi connectivity index (χ2n) is 5.96. The van der Waals surface area contributed by atoms with Crippen molar-refractivity contribution in [2.24, 2.45) is 11.5 Å². The first kappa shape index (κ1) is 26.9. The number of aliphatic carboxylic acids is 1. The summed E-state index contributed by atoms with van der Waals surface area (Å²) in [5.41, 5.74) is 10.9. The van der Waals surface area contributed by atoms with E-state index in [1.807, 2.05) is 0 Å². The summed E-state index contributed by atoms with van der Waals surface area (Å²) in [7, 11) is 0. The number of carboxylic acid groups (broad SMARTS) is 1. The standard InChI is InChI=1S/C15H29N5O5S3/c16-4-2-1-3-9(15(24)25)18-13(22)11(7-28)20-14(23)10(6-27)19-12(21)8(17)5-26/h8-11,26-28H,1-7,16-17H2,(H,18,22)(H,19,21)(H,20,23)(H,24,25). The average molecular weight is 456 g/mol. The maximum atomic E-state index is 12.3. The number of nitrogens with two attached hydrogens (primary N) is 2. The van der Waals surface area contributed by atoms with Crippen LogP contribution in [0.25, 0.3) is 0 Å². The zero-order chi connectivity index (χ0) is 21.7. The molecule has 0 radical (unpaired) electrons. The minimum Gasteiger partial charge on any atom is -0.480 e. The predicted molar refractivity (Wildman–Crippen MR) is 116 cm³/mol. The zero-order valence-electron chi connectivity index (χ0n) is 15.3. The second kappa shape index (κ2) is 14.8. The van der Waals surface area contributed by atoms with E-state index in [2.05, 4.69) is 53.8 Å². The highest BCUT2D eigenvalue weighted by atomic mass is 32.1. The molecule has 0 saturated carbocycles. The third-order valence-corrected chi connectivity index (χ3v) is 4.85. The molecule has 0 aromatic carbocycles. The van der Waals surface area contributed by atoms with E-state index >= 15 is 0 Å². The van der Waals surface area contributed by atoms with E-state index in [1.54, 1.807) is 0 Å². The Bertz CT molecular complexity index is 540. The highest BCUT2D eigenvalue weighted by Gasteiger charge is 2.28. The Morgan fingerprint density at radius 3 is 1.64 bits per heavy atom. The van der Waals surface area contributed by atoms with Crippen molar-refractivity contribution in [1.82, 2.24) is 16.0 Å². The van der Waals surface area contributed by atoms with E-state index in [0.29, 0.717) is 19.4 Å². The smallest absolute Gasteiger partial charge is 0.326 e. The van der Waals surface area contributed by atoms with Crippen LogP contribution in [0.3, 0.4) is 0 Å². The molecule has 0 fully saturated rings. The lowest BCUT2D eigenvalue weighted by Gasteiger charge is -2.23. The van der Waals surface area contributed by atoms with Gasteiger partial charge in [0.15, 0.2) is 0 Å². The predicted octanol–water partition coefficient (Wildman–Crippen LogP) is -2.23. The molecule has 0 heterocycles. The minimum absolute atomic E-state index is 0.0331. The SMILES string of the molecule is NCCCCC(NC(=O)C(CS)NC(=O)C(CS)NC(=O)C(N)CS)C(=O)O. The van der Waals surface area contributed by atoms with Gasteiger partial charge in [-0.25, -0.2) is 4.79 Å². The molecule has 0 aromatic heterocycles. The zero-order valence-corrected chi connectivity index (χ0v) is 18.0. The summed E-state index contributed by atoms with van der Waals surface area (Å²) in [5, 5.41) is 16.5. The summed E-state index contributed by atoms with van der Waals surface area (Å²) in [6.07, 6.45) is 1.37. The Balaban J connectivity index is 4.89. The third-order valence-electron chi connectivity index (χ3n) is 3.73. The summed E-state index contributed by atoms with van der Waals surface area (Å²) in [5.74, 6) is -3.14. The van der Waals surface area contributed by atoms with Crippen LogP contribution in [-0.4, -0.2) is 76.8 Å². The van der Waals surface area contributed by atoms with Crippen molar-refractivity contribution in [2.75, 3.05) is 23.8 Å². The summed E-state index contributed by atoms with van der Waals surface area (Å²) in [4.78, 5) is 47.8. The van der Waals surface area contributed by atoms with Crippen molar-refractivity contribution in [1.29, 1.82) is 0 Å². The van der Waals surface area contributed by atoms with Gasteiger partial charge >= 0.3 is 5.97 Å². The number of hydrogen-bond acceptors (Lipinski definition) is 9. The van der Waals surface area contributed by atoms with E-state index in [9.17, 15) is 24.3 Å². The molecule has 0 aliphatic rings. The lowest BCUT2D eigenvalue weighted by molar-refractivity contribution is -0.142. The molecule has 8 N–H and O–H groups in total. The summed E-state index contributed by atoms with van der Waals surface area (Å²) < 4.78 is 0. The molecule has 0 bridgehead atoms. The Labute approximate surface area is 180 Å². The van der Waals surface area contributed by atoms with Gasteiger partial charge in [-0.1, -0.05) is 0 Å². The highest BCUT2D eigenvalue weighted by Crippen LogP contribution is 2.02. The van der Waals surface area contributed by atoms with Crippen LogP contribution in [0.5, 0.6) is 0 Å². The van der Waals surface area contributed by atoms with Gasteiger partial charge in [0.05, 0.1) is 6.04 Å². The number of amides is 3. The van der Waals surface area contributed by atoms with Crippen molar-refractivity contribution in [3.05, 3.63) is 0 Å². The molecule has 162 valence electrons. The first-order valence-electron chi connectivity index (χ1n) is 8.63. The summed E-state index contributed by atoms with van der Waals surface area (Å²) >= 11 is 12.0. The van der Waals surface area contributed by atoms with Gasteiger partial charge in [0.2, 0.25) is 17.7 Å². The Hall–Kier alpha value is -1.15. The van der Waals surface area contributed by atoms with Crippen LogP contribution >= 0.6 is 37.9 Å². The molecule has 0 saturated heterocycles. The molecular weight excluding hydrogens is 426 g/mol. The van der Waals surface area contributed by atoms with Crippen molar-refractivity contribution in [3.8, 4) is 0 Å². The fourth-order valence-corrected chi connectivity index (χ4v) is 2.72. The number of unbranched alkanes of at least 4 members (excludes halogenated alkanes) is 1. The number of rotatable bonds is 14. The van der Waals surface area contributed by atoms with Crippen LogP contribution in [0, 0.1) is 0 Å². The van der Waals surface area contributed by atoms with E-state index < -0.39 is 47.9 Å². The van der Waals surface area contributed by atoms with Crippen molar-refractivity contribution < 1.29 is 24.3 Å². The van der Waals surface area contributed by atoms with E-state index in [1.165, 1.54) is 0 Å². The molecule has 0 aliphatic carbocycles. The number of nitrogens with one attached hydrogen (secondary N) is 3. The quantitative estimate of drug-likeness (QED) is 0.105. The first-order chi connectivity index (χ1) is 13.2. The lowest BCUT2D eigenvalue weighted by Crippen LogP contribution is -2.58. The Morgan fingerprint density at radius 1 is 0.786 bits per heavy atom. The average Bonchev–Trinajstić information content (AvgIpc) is 2.67. The molecule has 4 atom stereocenters. The molecule has 3 amide bonds. The number of thiol groups is 3. The molecule has 28 heavy (non-hydrogen) atoms. The van der Waals surface area contributed by atoms with Gasteiger partial charge < -0.3 is 32.5 Å². The van der Waals surface area contributed by atoms with Crippen LogP contribution in [-0.2, 0) is 19.2 Å². The van der Waals surface area contributed by atoms with Crippen molar-refractivity contribution in [2.45, 2.75) is 43.4 Å². The normalized spacial score (nSPS) is 15.0. The van der Waals surface area contributed by atoms with Crippen molar-refractivity contribution >= 4 is 61.6 Å². The largest absolute Gasteiger partial charge is 0.480 e. The van der Waals surface area contributed by atoms with Crippen LogP contribution in [0.2, 0.25) is 0 Å². The fourth-order valence-electron chi connectivity index (χ4n) is 2.04. The molecule has 10 nitrogen and oxygen atoms in total. The summed E-state index contributed by atoms with van der Waals surface area (Å²) in [6.45, 7) is 0.420. The van der Waals surface area contributed by atoms with Gasteiger partial charge in [0, 0.05) is 17.3 Å². The molecule has 4 unspecified atom stereocenters. The van der Waals surface area contributed by atoms with Crippen LogP contribution in [0.4, 0.5) is 0 Å². The monoisotopic (exact) mass is 455 g/mol. The maximum Gasteiger partial charge on any atom is 0.326 e. The van der Waals surface area contributed by atoms with Gasteiger partial charge in [0.1, 0.15) is 18.1 Å². The number of carbonyl (C=O) groups excluding carboxylic acids is 3. The topological polar surface area (TPSA) is 177 Å². The first-order valence-corrected chi connectivity index (χ1v) is 10.5. The third kappa shape index (κ3) is 9.87. The van der Waals surface area contributed by atoms with Crippen molar-refractivity contribution in [3.63, 3.8) is 0 Å². The molecule has 0 spiro atoms. The molecule has 13 heteroatoms. The molecule has 0 rings (SSSR count). The number of carboxylic acids is 1. The van der Waals surface area contributed by atoms with Gasteiger partial charge in [0.25, 0.3) is 0 Å². The van der Waals surface area contributed by atoms with Gasteiger partial charge in [-0.3, -0.25) is 14.4 Å².